The molecule has 0 spiro atoms. The summed E-state index contributed by atoms with van der Waals surface area (Å²) in [5.74, 6) is -0.269. The summed E-state index contributed by atoms with van der Waals surface area (Å²) >= 11 is 0. The van der Waals surface area contributed by atoms with Gasteiger partial charge in [0.2, 0.25) is 0 Å². The number of benzene rings is 2. The van der Waals surface area contributed by atoms with E-state index in [1.807, 2.05) is 49.2 Å². The molecule has 0 saturated heterocycles. The summed E-state index contributed by atoms with van der Waals surface area (Å²) < 4.78 is 13.1. The van der Waals surface area contributed by atoms with Crippen molar-refractivity contribution in [1.29, 1.82) is 0 Å². The Hall–Kier alpha value is -1.87. The minimum absolute atomic E-state index is 0.269. The summed E-state index contributed by atoms with van der Waals surface area (Å²) in [6, 6.07) is 14.1. The quantitative estimate of drug-likeness (QED) is 0.910. The summed E-state index contributed by atoms with van der Waals surface area (Å²) in [7, 11) is 1.84. The van der Waals surface area contributed by atoms with E-state index in [0.717, 1.165) is 16.8 Å². The zero-order valence-corrected chi connectivity index (χ0v) is 11.2. The van der Waals surface area contributed by atoms with Gasteiger partial charge in [-0.2, -0.15) is 0 Å². The highest BCUT2D eigenvalue weighted by molar-refractivity contribution is 5.46. The van der Waals surface area contributed by atoms with Gasteiger partial charge in [-0.3, -0.25) is 0 Å². The highest BCUT2D eigenvalue weighted by atomic mass is 19.1. The Morgan fingerprint density at radius 3 is 2.47 bits per heavy atom. The molecule has 0 amide bonds. The molecular weight excluding hydrogens is 241 g/mol. The first-order valence-electron chi connectivity index (χ1n) is 6.27. The number of hydrogen-bond donors (Lipinski definition) is 1. The fourth-order valence-electron chi connectivity index (χ4n) is 1.97. The summed E-state index contributed by atoms with van der Waals surface area (Å²) in [6.07, 6.45) is -0.589. The second-order valence-corrected chi connectivity index (χ2v) is 4.79. The normalized spacial score (nSPS) is 12.2. The van der Waals surface area contributed by atoms with Crippen molar-refractivity contribution in [2.45, 2.75) is 13.0 Å². The molecule has 0 aliphatic carbocycles. The van der Waals surface area contributed by atoms with E-state index in [1.165, 1.54) is 12.1 Å². The highest BCUT2D eigenvalue weighted by Crippen LogP contribution is 2.19. The zero-order chi connectivity index (χ0) is 13.8. The van der Waals surface area contributed by atoms with Crippen molar-refractivity contribution < 1.29 is 9.50 Å². The van der Waals surface area contributed by atoms with Crippen LogP contribution in [-0.2, 0) is 0 Å². The Labute approximate surface area is 113 Å². The van der Waals surface area contributed by atoms with Gasteiger partial charge in [0.1, 0.15) is 5.82 Å². The van der Waals surface area contributed by atoms with Crippen LogP contribution in [0, 0.1) is 12.7 Å². The van der Waals surface area contributed by atoms with Gasteiger partial charge in [0.05, 0.1) is 6.10 Å². The number of anilines is 1. The Morgan fingerprint density at radius 2 is 1.84 bits per heavy atom. The molecule has 0 aromatic heterocycles. The van der Waals surface area contributed by atoms with Gasteiger partial charge in [-0.25, -0.2) is 4.39 Å². The first-order chi connectivity index (χ1) is 9.06. The second kappa shape index (κ2) is 5.85. The van der Waals surface area contributed by atoms with Crippen LogP contribution in [0.2, 0.25) is 0 Å². The maximum Gasteiger partial charge on any atom is 0.125 e. The lowest BCUT2D eigenvalue weighted by atomic mass is 10.1. The molecule has 2 rings (SSSR count). The zero-order valence-electron chi connectivity index (χ0n) is 11.2. The molecular formula is C16H18FNO. The van der Waals surface area contributed by atoms with Crippen molar-refractivity contribution in [3.63, 3.8) is 0 Å². The van der Waals surface area contributed by atoms with Gasteiger partial charge in [-0.05, 0) is 30.7 Å². The first-order valence-corrected chi connectivity index (χ1v) is 6.27. The van der Waals surface area contributed by atoms with Crippen LogP contribution in [0.4, 0.5) is 10.1 Å². The monoisotopic (exact) mass is 259 g/mol. The number of aliphatic hydroxyl groups excluding tert-OH is 1. The smallest absolute Gasteiger partial charge is 0.125 e. The van der Waals surface area contributed by atoms with Crippen LogP contribution in [0.15, 0.2) is 48.5 Å². The SMILES string of the molecule is Cc1ccc(C(O)CN(C)c2cccc(F)c2)cc1. The van der Waals surface area contributed by atoms with E-state index in [4.69, 9.17) is 0 Å². The van der Waals surface area contributed by atoms with Crippen LogP contribution in [0.25, 0.3) is 0 Å². The lowest BCUT2D eigenvalue weighted by Gasteiger charge is -2.23. The van der Waals surface area contributed by atoms with Crippen molar-refractivity contribution in [2.75, 3.05) is 18.5 Å². The molecule has 1 N–H and O–H groups in total. The van der Waals surface area contributed by atoms with Gasteiger partial charge < -0.3 is 10.0 Å². The van der Waals surface area contributed by atoms with Crippen molar-refractivity contribution >= 4 is 5.69 Å². The average molecular weight is 259 g/mol. The molecule has 0 bridgehead atoms. The molecule has 0 radical (unpaired) electrons. The van der Waals surface area contributed by atoms with Crippen LogP contribution in [0.3, 0.4) is 0 Å². The Kier molecular flexibility index (Phi) is 4.17. The maximum absolute atomic E-state index is 13.1. The van der Waals surface area contributed by atoms with E-state index in [9.17, 15) is 9.50 Å². The van der Waals surface area contributed by atoms with Gasteiger partial charge in [0.15, 0.2) is 0 Å². The van der Waals surface area contributed by atoms with Gasteiger partial charge in [0.25, 0.3) is 0 Å². The number of aryl methyl sites for hydroxylation is 1. The van der Waals surface area contributed by atoms with E-state index in [1.54, 1.807) is 6.07 Å². The van der Waals surface area contributed by atoms with Crippen molar-refractivity contribution in [3.05, 3.63) is 65.5 Å². The van der Waals surface area contributed by atoms with Crippen LogP contribution < -0.4 is 4.90 Å². The van der Waals surface area contributed by atoms with E-state index in [-0.39, 0.29) is 5.82 Å². The summed E-state index contributed by atoms with van der Waals surface area (Å²) in [4.78, 5) is 1.84. The predicted octanol–water partition coefficient (Wildman–Crippen LogP) is 3.30. The minimum Gasteiger partial charge on any atom is -0.387 e. The number of likely N-dealkylation sites (N-methyl/N-ethyl adjacent to an activating group) is 1. The molecule has 2 aromatic carbocycles. The minimum atomic E-state index is -0.589. The number of rotatable bonds is 4. The maximum atomic E-state index is 13.1. The summed E-state index contributed by atoms with van der Waals surface area (Å²) in [5.41, 5.74) is 2.79. The molecule has 2 nitrogen and oxygen atoms in total. The largest absolute Gasteiger partial charge is 0.387 e. The van der Waals surface area contributed by atoms with Crippen LogP contribution in [-0.4, -0.2) is 18.7 Å². The molecule has 2 aromatic rings. The van der Waals surface area contributed by atoms with E-state index in [0.29, 0.717) is 6.54 Å². The van der Waals surface area contributed by atoms with E-state index in [2.05, 4.69) is 0 Å². The van der Waals surface area contributed by atoms with Crippen LogP contribution in [0.5, 0.6) is 0 Å². The number of halogens is 1. The van der Waals surface area contributed by atoms with Gasteiger partial charge in [-0.1, -0.05) is 35.9 Å². The van der Waals surface area contributed by atoms with Gasteiger partial charge in [-0.15, -0.1) is 0 Å². The molecule has 0 heterocycles. The van der Waals surface area contributed by atoms with Crippen molar-refractivity contribution in [3.8, 4) is 0 Å². The summed E-state index contributed by atoms with van der Waals surface area (Å²) in [5, 5.41) is 10.2. The van der Waals surface area contributed by atoms with Crippen molar-refractivity contribution in [1.82, 2.24) is 0 Å². The van der Waals surface area contributed by atoms with Crippen LogP contribution in [0.1, 0.15) is 17.2 Å². The lowest BCUT2D eigenvalue weighted by molar-refractivity contribution is 0.185. The Balaban J connectivity index is 2.06. The summed E-state index contributed by atoms with van der Waals surface area (Å²) in [6.45, 7) is 2.43. The number of nitrogens with zero attached hydrogens (tertiary/aromatic N) is 1. The average Bonchev–Trinajstić information content (AvgIpc) is 2.39. The predicted molar refractivity (Wildman–Crippen MR) is 75.8 cm³/mol. The lowest BCUT2D eigenvalue weighted by Crippen LogP contribution is -2.24. The molecule has 1 atom stereocenters. The molecule has 100 valence electrons. The standard InChI is InChI=1S/C16H18FNO/c1-12-6-8-13(9-7-12)16(19)11-18(2)15-5-3-4-14(17)10-15/h3-10,16,19H,11H2,1-2H3. The van der Waals surface area contributed by atoms with E-state index >= 15 is 0 Å². The number of hydrogen-bond acceptors (Lipinski definition) is 2. The van der Waals surface area contributed by atoms with Gasteiger partial charge >= 0.3 is 0 Å². The van der Waals surface area contributed by atoms with E-state index < -0.39 is 6.10 Å². The Bertz CT molecular complexity index is 539. The topological polar surface area (TPSA) is 23.5 Å². The Morgan fingerprint density at radius 1 is 1.16 bits per heavy atom. The third-order valence-electron chi connectivity index (χ3n) is 3.16. The fourth-order valence-corrected chi connectivity index (χ4v) is 1.97. The molecule has 3 heteroatoms. The second-order valence-electron chi connectivity index (χ2n) is 4.79. The highest BCUT2D eigenvalue weighted by Gasteiger charge is 2.11. The fraction of sp³-hybridized carbons (Fsp3) is 0.250. The molecule has 0 aliphatic heterocycles. The van der Waals surface area contributed by atoms with Gasteiger partial charge in [0, 0.05) is 19.3 Å². The molecule has 0 fully saturated rings. The number of aliphatic hydroxyl groups is 1. The molecule has 0 aliphatic rings. The first kappa shape index (κ1) is 13.6. The molecule has 1 unspecified atom stereocenters. The third kappa shape index (κ3) is 3.55. The van der Waals surface area contributed by atoms with Crippen molar-refractivity contribution in [2.24, 2.45) is 0 Å². The molecule has 0 saturated carbocycles. The molecule has 19 heavy (non-hydrogen) atoms. The van der Waals surface area contributed by atoms with Crippen LogP contribution >= 0.6 is 0 Å². The third-order valence-corrected chi connectivity index (χ3v) is 3.16.